The fourth-order valence-electron chi connectivity index (χ4n) is 1.31. The van der Waals surface area contributed by atoms with Crippen molar-refractivity contribution in [3.63, 3.8) is 0 Å². The molecule has 2 rings (SSSR count). The van der Waals surface area contributed by atoms with E-state index in [1.54, 1.807) is 6.07 Å². The van der Waals surface area contributed by atoms with Crippen LogP contribution in [0, 0.1) is 5.82 Å². The highest BCUT2D eigenvalue weighted by Crippen LogP contribution is 2.24. The lowest BCUT2D eigenvalue weighted by molar-refractivity contribution is 0.602. The van der Waals surface area contributed by atoms with Crippen LogP contribution in [0.2, 0.25) is 0 Å². The van der Waals surface area contributed by atoms with E-state index in [-0.39, 0.29) is 5.82 Å². The van der Waals surface area contributed by atoms with Crippen molar-refractivity contribution < 1.29 is 4.39 Å². The van der Waals surface area contributed by atoms with Gasteiger partial charge in [0.25, 0.3) is 0 Å². The Hall–Kier alpha value is -0.410. The molecule has 11 heavy (non-hydrogen) atoms. The van der Waals surface area contributed by atoms with Gasteiger partial charge in [0.05, 0.1) is 4.47 Å². The zero-order valence-corrected chi connectivity index (χ0v) is 7.41. The maximum absolute atomic E-state index is 13.2. The van der Waals surface area contributed by atoms with Gasteiger partial charge >= 0.3 is 0 Å². The van der Waals surface area contributed by atoms with E-state index in [0.717, 1.165) is 17.7 Å². The highest BCUT2D eigenvalue weighted by atomic mass is 79.9. The molecule has 0 unspecified atom stereocenters. The van der Waals surface area contributed by atoms with Crippen molar-refractivity contribution in [2.45, 2.75) is 13.1 Å². The standard InChI is InChI=1S/C8H7BrFN/c9-7-2-1-5-3-11-4-6(5)8(7)10/h1-2,11H,3-4H2. The lowest BCUT2D eigenvalue weighted by Gasteiger charge is -2.00. The van der Waals surface area contributed by atoms with Gasteiger partial charge in [0.1, 0.15) is 5.82 Å². The van der Waals surface area contributed by atoms with E-state index >= 15 is 0 Å². The number of hydrogen-bond acceptors (Lipinski definition) is 1. The molecule has 0 spiro atoms. The molecule has 0 aromatic heterocycles. The van der Waals surface area contributed by atoms with Crippen LogP contribution in [0.5, 0.6) is 0 Å². The molecule has 0 saturated heterocycles. The zero-order chi connectivity index (χ0) is 7.84. The van der Waals surface area contributed by atoms with Gasteiger partial charge in [-0.2, -0.15) is 0 Å². The van der Waals surface area contributed by atoms with Crippen LogP contribution in [0.3, 0.4) is 0 Å². The maximum atomic E-state index is 13.2. The van der Waals surface area contributed by atoms with Crippen LogP contribution in [-0.4, -0.2) is 0 Å². The Kier molecular flexibility index (Phi) is 1.69. The summed E-state index contributed by atoms with van der Waals surface area (Å²) in [6, 6.07) is 3.70. The molecule has 1 nitrogen and oxygen atoms in total. The fourth-order valence-corrected chi connectivity index (χ4v) is 1.68. The molecule has 1 aliphatic heterocycles. The van der Waals surface area contributed by atoms with Crippen molar-refractivity contribution in [2.24, 2.45) is 0 Å². The van der Waals surface area contributed by atoms with E-state index in [0.29, 0.717) is 11.0 Å². The average Bonchev–Trinajstić information content (AvgIpc) is 2.45. The Morgan fingerprint density at radius 1 is 1.36 bits per heavy atom. The lowest BCUT2D eigenvalue weighted by Crippen LogP contribution is -2.00. The highest BCUT2D eigenvalue weighted by molar-refractivity contribution is 9.10. The second-order valence-corrected chi connectivity index (χ2v) is 3.46. The predicted molar refractivity (Wildman–Crippen MR) is 44.6 cm³/mol. The van der Waals surface area contributed by atoms with Crippen LogP contribution in [-0.2, 0) is 13.1 Å². The van der Waals surface area contributed by atoms with Crippen molar-refractivity contribution in [3.8, 4) is 0 Å². The number of rotatable bonds is 0. The lowest BCUT2D eigenvalue weighted by atomic mass is 10.1. The van der Waals surface area contributed by atoms with Gasteiger partial charge in [-0.25, -0.2) is 4.39 Å². The number of nitrogens with one attached hydrogen (secondary N) is 1. The summed E-state index contributed by atoms with van der Waals surface area (Å²) in [4.78, 5) is 0. The largest absolute Gasteiger partial charge is 0.308 e. The van der Waals surface area contributed by atoms with Crippen LogP contribution < -0.4 is 5.32 Å². The quantitative estimate of drug-likeness (QED) is 0.700. The molecule has 0 radical (unpaired) electrons. The molecule has 0 atom stereocenters. The first-order valence-electron chi connectivity index (χ1n) is 3.45. The molecule has 1 aliphatic rings. The van der Waals surface area contributed by atoms with Crippen molar-refractivity contribution in [1.82, 2.24) is 5.32 Å². The van der Waals surface area contributed by atoms with Gasteiger partial charge in [0.2, 0.25) is 0 Å². The summed E-state index contributed by atoms with van der Waals surface area (Å²) in [6.07, 6.45) is 0. The summed E-state index contributed by atoms with van der Waals surface area (Å²) in [5.41, 5.74) is 1.88. The van der Waals surface area contributed by atoms with E-state index in [4.69, 9.17) is 0 Å². The average molecular weight is 216 g/mol. The number of halogens is 2. The molecule has 3 heteroatoms. The normalized spacial score (nSPS) is 15.1. The Bertz CT molecular complexity index is 298. The topological polar surface area (TPSA) is 12.0 Å². The summed E-state index contributed by atoms with van der Waals surface area (Å²) in [5, 5.41) is 3.09. The Morgan fingerprint density at radius 2 is 2.18 bits per heavy atom. The molecule has 0 amide bonds. The van der Waals surface area contributed by atoms with Gasteiger partial charge in [-0.05, 0) is 27.6 Å². The van der Waals surface area contributed by atoms with Gasteiger partial charge in [0.15, 0.2) is 0 Å². The SMILES string of the molecule is Fc1c(Br)ccc2c1CNC2. The Labute approximate surface area is 72.7 Å². The molecule has 1 aromatic rings. The first-order chi connectivity index (χ1) is 5.29. The molecule has 1 heterocycles. The number of hydrogen-bond donors (Lipinski definition) is 1. The third-order valence-corrected chi connectivity index (χ3v) is 2.52. The molecule has 58 valence electrons. The summed E-state index contributed by atoms with van der Waals surface area (Å²) >= 11 is 3.15. The summed E-state index contributed by atoms with van der Waals surface area (Å²) < 4.78 is 13.8. The summed E-state index contributed by atoms with van der Waals surface area (Å²) in [6.45, 7) is 1.44. The van der Waals surface area contributed by atoms with Crippen molar-refractivity contribution in [1.29, 1.82) is 0 Å². The molecular weight excluding hydrogens is 209 g/mol. The first-order valence-corrected chi connectivity index (χ1v) is 4.25. The van der Waals surface area contributed by atoms with Crippen molar-refractivity contribution in [3.05, 3.63) is 33.5 Å². The molecular formula is C8H7BrFN. The minimum atomic E-state index is -0.118. The third-order valence-electron chi connectivity index (χ3n) is 1.91. The van der Waals surface area contributed by atoms with Gasteiger partial charge in [-0.15, -0.1) is 0 Å². The Morgan fingerprint density at radius 3 is 3.00 bits per heavy atom. The monoisotopic (exact) mass is 215 g/mol. The smallest absolute Gasteiger partial charge is 0.142 e. The van der Waals surface area contributed by atoms with Crippen LogP contribution in [0.25, 0.3) is 0 Å². The van der Waals surface area contributed by atoms with Crippen LogP contribution in [0.15, 0.2) is 16.6 Å². The maximum Gasteiger partial charge on any atom is 0.142 e. The van der Waals surface area contributed by atoms with E-state index in [1.165, 1.54) is 0 Å². The van der Waals surface area contributed by atoms with Gasteiger partial charge in [0, 0.05) is 18.7 Å². The number of benzene rings is 1. The molecule has 0 bridgehead atoms. The molecule has 1 aromatic carbocycles. The fraction of sp³-hybridized carbons (Fsp3) is 0.250. The predicted octanol–water partition coefficient (Wildman–Crippen LogP) is 2.19. The van der Waals surface area contributed by atoms with Gasteiger partial charge < -0.3 is 5.32 Å². The van der Waals surface area contributed by atoms with E-state index < -0.39 is 0 Å². The Balaban J connectivity index is 2.62. The zero-order valence-electron chi connectivity index (χ0n) is 5.82. The van der Waals surface area contributed by atoms with E-state index in [2.05, 4.69) is 21.2 Å². The summed E-state index contributed by atoms with van der Waals surface area (Å²) in [5.74, 6) is -0.118. The minimum absolute atomic E-state index is 0.118. The van der Waals surface area contributed by atoms with Gasteiger partial charge in [-0.3, -0.25) is 0 Å². The molecule has 0 aliphatic carbocycles. The molecule has 0 fully saturated rings. The number of fused-ring (bicyclic) bond motifs is 1. The summed E-state index contributed by atoms with van der Waals surface area (Å²) in [7, 11) is 0. The first kappa shape index (κ1) is 7.25. The van der Waals surface area contributed by atoms with E-state index in [9.17, 15) is 4.39 Å². The van der Waals surface area contributed by atoms with Crippen LogP contribution >= 0.6 is 15.9 Å². The van der Waals surface area contributed by atoms with Gasteiger partial charge in [-0.1, -0.05) is 6.07 Å². The second-order valence-electron chi connectivity index (χ2n) is 2.60. The minimum Gasteiger partial charge on any atom is -0.308 e. The highest BCUT2D eigenvalue weighted by Gasteiger charge is 2.15. The van der Waals surface area contributed by atoms with Crippen LogP contribution in [0.1, 0.15) is 11.1 Å². The second kappa shape index (κ2) is 2.57. The van der Waals surface area contributed by atoms with Crippen LogP contribution in [0.4, 0.5) is 4.39 Å². The van der Waals surface area contributed by atoms with Crippen molar-refractivity contribution >= 4 is 15.9 Å². The molecule has 1 N–H and O–H groups in total. The third kappa shape index (κ3) is 1.08. The van der Waals surface area contributed by atoms with Crippen molar-refractivity contribution in [2.75, 3.05) is 0 Å². The molecule has 0 saturated carbocycles. The van der Waals surface area contributed by atoms with E-state index in [1.807, 2.05) is 6.07 Å².